The molecule has 5 rings (SSSR count). The standard InChI is InChI=1S/C25H23FN4O3/c1-17(31)29-25(19-6-2-3-7-20(19)26)10-12-30(13-11-25)24-27-16-18(21-8-4-14-32-21)23(28-24)22-9-5-15-33-22/h2-9,14-16H,10-13H2,1H3,(H,29,31). The van der Waals surface area contributed by atoms with Gasteiger partial charge in [-0.1, -0.05) is 18.2 Å². The number of halogens is 1. The van der Waals surface area contributed by atoms with Crippen molar-refractivity contribution in [2.75, 3.05) is 18.0 Å². The van der Waals surface area contributed by atoms with Gasteiger partial charge in [0.05, 0.1) is 23.6 Å². The van der Waals surface area contributed by atoms with Gasteiger partial charge in [-0.15, -0.1) is 0 Å². The average Bonchev–Trinajstić information content (AvgIpc) is 3.54. The Hall–Kier alpha value is -3.94. The number of amides is 1. The van der Waals surface area contributed by atoms with E-state index in [1.807, 2.05) is 23.1 Å². The first-order valence-electron chi connectivity index (χ1n) is 10.8. The lowest BCUT2D eigenvalue weighted by Gasteiger charge is -2.42. The molecule has 3 aromatic heterocycles. The van der Waals surface area contributed by atoms with Crippen LogP contribution in [0.5, 0.6) is 0 Å². The molecule has 1 aromatic carbocycles. The van der Waals surface area contributed by atoms with E-state index in [4.69, 9.17) is 13.8 Å². The van der Waals surface area contributed by atoms with Crippen molar-refractivity contribution in [1.29, 1.82) is 0 Å². The van der Waals surface area contributed by atoms with Gasteiger partial charge in [-0.25, -0.2) is 14.4 Å². The highest BCUT2D eigenvalue weighted by molar-refractivity contribution is 5.76. The molecule has 0 radical (unpaired) electrons. The molecule has 1 amide bonds. The predicted molar refractivity (Wildman–Crippen MR) is 121 cm³/mol. The Morgan fingerprint density at radius 3 is 2.36 bits per heavy atom. The summed E-state index contributed by atoms with van der Waals surface area (Å²) in [6.07, 6.45) is 5.97. The second-order valence-corrected chi connectivity index (χ2v) is 8.12. The van der Waals surface area contributed by atoms with Crippen molar-refractivity contribution in [2.24, 2.45) is 0 Å². The van der Waals surface area contributed by atoms with E-state index in [1.165, 1.54) is 13.0 Å². The molecule has 1 saturated heterocycles. The van der Waals surface area contributed by atoms with E-state index in [0.29, 0.717) is 54.7 Å². The van der Waals surface area contributed by atoms with Crippen molar-refractivity contribution >= 4 is 11.9 Å². The Labute approximate surface area is 190 Å². The molecule has 0 unspecified atom stereocenters. The number of anilines is 1. The van der Waals surface area contributed by atoms with Crippen LogP contribution in [-0.4, -0.2) is 29.0 Å². The van der Waals surface area contributed by atoms with Gasteiger partial charge < -0.3 is 19.1 Å². The van der Waals surface area contributed by atoms with Gasteiger partial charge in [0.25, 0.3) is 0 Å². The van der Waals surface area contributed by atoms with Gasteiger partial charge in [-0.05, 0) is 43.2 Å². The minimum Gasteiger partial charge on any atom is -0.464 e. The van der Waals surface area contributed by atoms with Crippen molar-refractivity contribution in [2.45, 2.75) is 25.3 Å². The summed E-state index contributed by atoms with van der Waals surface area (Å²) in [5.41, 5.74) is 1.10. The lowest BCUT2D eigenvalue weighted by molar-refractivity contribution is -0.121. The molecule has 4 aromatic rings. The summed E-state index contributed by atoms with van der Waals surface area (Å²) in [4.78, 5) is 23.4. The van der Waals surface area contributed by atoms with Crippen LogP contribution in [-0.2, 0) is 10.3 Å². The van der Waals surface area contributed by atoms with Crippen molar-refractivity contribution in [3.8, 4) is 22.8 Å². The minimum absolute atomic E-state index is 0.189. The smallest absolute Gasteiger partial charge is 0.226 e. The molecule has 0 aliphatic carbocycles. The number of furan rings is 2. The molecule has 8 heteroatoms. The lowest BCUT2D eigenvalue weighted by Crippen LogP contribution is -2.53. The molecule has 1 N–H and O–H groups in total. The van der Waals surface area contributed by atoms with Crippen molar-refractivity contribution in [3.63, 3.8) is 0 Å². The van der Waals surface area contributed by atoms with Crippen LogP contribution >= 0.6 is 0 Å². The molecule has 0 saturated carbocycles. The number of carbonyl (C=O) groups excluding carboxylic acids is 1. The fourth-order valence-electron chi connectivity index (χ4n) is 4.47. The zero-order valence-corrected chi connectivity index (χ0v) is 18.1. The van der Waals surface area contributed by atoms with Crippen LogP contribution in [0.3, 0.4) is 0 Å². The third-order valence-corrected chi connectivity index (χ3v) is 6.02. The van der Waals surface area contributed by atoms with Crippen molar-refractivity contribution in [3.05, 3.63) is 78.6 Å². The monoisotopic (exact) mass is 446 g/mol. The SMILES string of the molecule is CC(=O)NC1(c2ccccc2F)CCN(c2ncc(-c3ccco3)c(-c3ccco3)n2)CC1. The second-order valence-electron chi connectivity index (χ2n) is 8.12. The first kappa shape index (κ1) is 20.9. The van der Waals surface area contributed by atoms with Gasteiger partial charge in [-0.3, -0.25) is 4.79 Å². The summed E-state index contributed by atoms with van der Waals surface area (Å²) >= 11 is 0. The molecule has 1 fully saturated rings. The number of hydrogen-bond donors (Lipinski definition) is 1. The summed E-state index contributed by atoms with van der Waals surface area (Å²) in [5.74, 6) is 1.29. The largest absolute Gasteiger partial charge is 0.464 e. The Kier molecular flexibility index (Phi) is 5.42. The highest BCUT2D eigenvalue weighted by atomic mass is 19.1. The normalized spacial score (nSPS) is 15.4. The van der Waals surface area contributed by atoms with Crippen LogP contribution in [0, 0.1) is 5.82 Å². The van der Waals surface area contributed by atoms with E-state index >= 15 is 0 Å². The number of rotatable bonds is 5. The van der Waals surface area contributed by atoms with E-state index in [2.05, 4.69) is 10.3 Å². The molecule has 7 nitrogen and oxygen atoms in total. The fraction of sp³-hybridized carbons (Fsp3) is 0.240. The zero-order valence-electron chi connectivity index (χ0n) is 18.1. The topological polar surface area (TPSA) is 84.4 Å². The molecule has 1 aliphatic rings. The first-order chi connectivity index (χ1) is 16.1. The van der Waals surface area contributed by atoms with Crippen molar-refractivity contribution in [1.82, 2.24) is 15.3 Å². The number of piperidine rings is 1. The molecule has 0 bridgehead atoms. The van der Waals surface area contributed by atoms with E-state index < -0.39 is 5.54 Å². The average molecular weight is 446 g/mol. The van der Waals surface area contributed by atoms with Crippen LogP contribution in [0.2, 0.25) is 0 Å². The number of nitrogens with one attached hydrogen (secondary N) is 1. The maximum atomic E-state index is 14.7. The molecule has 33 heavy (non-hydrogen) atoms. The van der Waals surface area contributed by atoms with E-state index in [0.717, 1.165) is 5.56 Å². The second kappa shape index (κ2) is 8.54. The lowest BCUT2D eigenvalue weighted by atomic mass is 9.80. The highest BCUT2D eigenvalue weighted by Crippen LogP contribution is 2.37. The van der Waals surface area contributed by atoms with Gasteiger partial charge in [0.15, 0.2) is 5.76 Å². The summed E-state index contributed by atoms with van der Waals surface area (Å²) in [7, 11) is 0. The molecule has 0 spiro atoms. The van der Waals surface area contributed by atoms with Gasteiger partial charge in [0.1, 0.15) is 17.3 Å². The number of aromatic nitrogens is 2. The molecular weight excluding hydrogens is 423 g/mol. The Morgan fingerprint density at radius 1 is 1.03 bits per heavy atom. The van der Waals surface area contributed by atoms with Crippen LogP contribution in [0.15, 0.2) is 76.1 Å². The predicted octanol–water partition coefficient (Wildman–Crippen LogP) is 4.77. The van der Waals surface area contributed by atoms with Gasteiger partial charge in [0, 0.05) is 31.8 Å². The maximum Gasteiger partial charge on any atom is 0.226 e. The Balaban J connectivity index is 1.45. The fourth-order valence-corrected chi connectivity index (χ4v) is 4.47. The molecule has 1 aliphatic heterocycles. The summed E-state index contributed by atoms with van der Waals surface area (Å²) in [6, 6.07) is 13.9. The van der Waals surface area contributed by atoms with Crippen LogP contribution in [0.1, 0.15) is 25.3 Å². The highest BCUT2D eigenvalue weighted by Gasteiger charge is 2.39. The Morgan fingerprint density at radius 2 is 1.73 bits per heavy atom. The van der Waals surface area contributed by atoms with Gasteiger partial charge in [0.2, 0.25) is 11.9 Å². The third-order valence-electron chi connectivity index (χ3n) is 6.02. The van der Waals surface area contributed by atoms with E-state index in [1.54, 1.807) is 43.0 Å². The molecule has 168 valence electrons. The third kappa shape index (κ3) is 4.00. The Bertz CT molecular complexity index is 1250. The number of nitrogens with zero attached hydrogens (tertiary/aromatic N) is 3. The van der Waals surface area contributed by atoms with Crippen LogP contribution in [0.4, 0.5) is 10.3 Å². The quantitative estimate of drug-likeness (QED) is 0.476. The molecule has 4 heterocycles. The van der Waals surface area contributed by atoms with Crippen LogP contribution in [0.25, 0.3) is 22.8 Å². The minimum atomic E-state index is -0.772. The maximum absolute atomic E-state index is 14.7. The first-order valence-corrected chi connectivity index (χ1v) is 10.8. The number of benzene rings is 1. The van der Waals surface area contributed by atoms with Crippen LogP contribution < -0.4 is 10.2 Å². The van der Waals surface area contributed by atoms with E-state index in [9.17, 15) is 9.18 Å². The summed E-state index contributed by atoms with van der Waals surface area (Å²) in [5, 5.41) is 3.01. The molecular formula is C25H23FN4O3. The number of carbonyl (C=O) groups is 1. The molecule has 0 atom stereocenters. The van der Waals surface area contributed by atoms with E-state index in [-0.39, 0.29) is 11.7 Å². The zero-order chi connectivity index (χ0) is 22.8. The van der Waals surface area contributed by atoms with Gasteiger partial charge in [-0.2, -0.15) is 0 Å². The number of hydrogen-bond acceptors (Lipinski definition) is 6. The van der Waals surface area contributed by atoms with Crippen molar-refractivity contribution < 1.29 is 18.0 Å². The summed E-state index contributed by atoms with van der Waals surface area (Å²) < 4.78 is 25.8. The van der Waals surface area contributed by atoms with Gasteiger partial charge >= 0.3 is 0 Å². The summed E-state index contributed by atoms with van der Waals surface area (Å²) in [6.45, 7) is 2.56.